The van der Waals surface area contributed by atoms with Crippen molar-refractivity contribution in [2.45, 2.75) is 50.9 Å². The molecular formula is C16H25F3N2O2. The quantitative estimate of drug-likeness (QED) is 0.840. The first-order valence-electron chi connectivity index (χ1n) is 7.97. The van der Waals surface area contributed by atoms with Crippen LogP contribution in [0.3, 0.4) is 0 Å². The molecule has 2 rings (SSSR count). The fraction of sp³-hybridized carbons (Fsp3) is 0.750. The van der Waals surface area contributed by atoms with Gasteiger partial charge in [0, 0.05) is 19.1 Å². The number of alkyl halides is 3. The van der Waals surface area contributed by atoms with Gasteiger partial charge in [0.25, 0.3) is 0 Å². The summed E-state index contributed by atoms with van der Waals surface area (Å²) in [5.74, 6) is 1.27. The molecule has 1 aliphatic heterocycles. The van der Waals surface area contributed by atoms with Gasteiger partial charge in [-0.3, -0.25) is 0 Å². The second kappa shape index (κ2) is 7.23. The summed E-state index contributed by atoms with van der Waals surface area (Å²) >= 11 is 0. The highest BCUT2D eigenvalue weighted by Crippen LogP contribution is 2.24. The van der Waals surface area contributed by atoms with Crippen molar-refractivity contribution >= 4 is 0 Å². The Hall–Kier alpha value is -1.05. The highest BCUT2D eigenvalue weighted by Gasteiger charge is 2.30. The normalized spacial score (nSPS) is 20.6. The lowest BCUT2D eigenvalue weighted by molar-refractivity contribution is -0.138. The molecule has 2 N–H and O–H groups in total. The van der Waals surface area contributed by atoms with Crippen molar-refractivity contribution < 1.29 is 22.7 Å². The summed E-state index contributed by atoms with van der Waals surface area (Å²) in [5, 5.41) is 13.8. The Morgan fingerprint density at radius 1 is 1.30 bits per heavy atom. The smallest absolute Gasteiger partial charge is 0.390 e. The average molecular weight is 334 g/mol. The van der Waals surface area contributed by atoms with E-state index in [1.807, 2.05) is 17.9 Å². The van der Waals surface area contributed by atoms with E-state index in [-0.39, 0.29) is 12.6 Å². The Morgan fingerprint density at radius 2 is 1.96 bits per heavy atom. The fourth-order valence-corrected chi connectivity index (χ4v) is 2.80. The minimum atomic E-state index is -4.09. The Labute approximate surface area is 134 Å². The predicted molar refractivity (Wildman–Crippen MR) is 81.2 cm³/mol. The van der Waals surface area contributed by atoms with Crippen LogP contribution in [0.2, 0.25) is 0 Å². The first-order chi connectivity index (χ1) is 10.7. The van der Waals surface area contributed by atoms with Crippen LogP contribution >= 0.6 is 0 Å². The Balaban J connectivity index is 1.72. The second-order valence-electron chi connectivity index (χ2n) is 6.55. The molecule has 1 atom stereocenters. The number of furan rings is 1. The number of piperidine rings is 1. The van der Waals surface area contributed by atoms with Crippen LogP contribution in [-0.4, -0.2) is 48.4 Å². The molecule has 0 saturated carbocycles. The third-order valence-electron chi connectivity index (χ3n) is 4.31. The van der Waals surface area contributed by atoms with Crippen LogP contribution in [0, 0.1) is 6.92 Å². The maximum absolute atomic E-state index is 12.2. The number of nitrogens with zero attached hydrogens (tertiary/aromatic N) is 1. The maximum Gasteiger partial charge on any atom is 0.390 e. The summed E-state index contributed by atoms with van der Waals surface area (Å²) in [5.41, 5.74) is -1.10. The van der Waals surface area contributed by atoms with Gasteiger partial charge in [0.15, 0.2) is 0 Å². The van der Waals surface area contributed by atoms with E-state index in [0.29, 0.717) is 25.4 Å². The molecule has 23 heavy (non-hydrogen) atoms. The van der Waals surface area contributed by atoms with E-state index in [4.69, 9.17) is 4.42 Å². The van der Waals surface area contributed by atoms with Crippen LogP contribution < -0.4 is 5.32 Å². The van der Waals surface area contributed by atoms with Gasteiger partial charge in [0.1, 0.15) is 17.1 Å². The van der Waals surface area contributed by atoms with Gasteiger partial charge in [-0.25, -0.2) is 0 Å². The van der Waals surface area contributed by atoms with Crippen molar-refractivity contribution in [3.05, 3.63) is 23.7 Å². The van der Waals surface area contributed by atoms with Crippen LogP contribution in [-0.2, 0) is 5.60 Å². The molecule has 1 fully saturated rings. The topological polar surface area (TPSA) is 48.6 Å². The van der Waals surface area contributed by atoms with Gasteiger partial charge >= 0.3 is 6.18 Å². The standard InChI is InChI=1S/C16H25F3N2O2/c1-12-3-4-14(23-12)15(2,22)11-20-13-5-8-21(9-6-13)10-7-16(17,18)19/h3-4,13,20,22H,5-11H2,1-2H3. The first-order valence-corrected chi connectivity index (χ1v) is 7.97. The molecule has 1 aromatic heterocycles. The number of aliphatic hydroxyl groups is 1. The number of likely N-dealkylation sites (tertiary alicyclic amines) is 1. The van der Waals surface area contributed by atoms with Crippen molar-refractivity contribution in [1.29, 1.82) is 0 Å². The molecule has 1 aliphatic rings. The monoisotopic (exact) mass is 334 g/mol. The van der Waals surface area contributed by atoms with E-state index < -0.39 is 18.2 Å². The second-order valence-corrected chi connectivity index (χ2v) is 6.55. The lowest BCUT2D eigenvalue weighted by atomic mass is 10.0. The summed E-state index contributed by atoms with van der Waals surface area (Å²) in [6.45, 7) is 5.23. The molecule has 0 amide bonds. The molecular weight excluding hydrogens is 309 g/mol. The number of nitrogens with one attached hydrogen (secondary N) is 1. The Kier molecular flexibility index (Phi) is 5.75. The Bertz CT molecular complexity index is 492. The van der Waals surface area contributed by atoms with Crippen LogP contribution in [0.1, 0.15) is 37.7 Å². The minimum Gasteiger partial charge on any atom is -0.463 e. The third-order valence-corrected chi connectivity index (χ3v) is 4.31. The van der Waals surface area contributed by atoms with Gasteiger partial charge in [-0.15, -0.1) is 0 Å². The molecule has 0 bridgehead atoms. The SMILES string of the molecule is Cc1ccc(C(C)(O)CNC2CCN(CCC(F)(F)F)CC2)o1. The summed E-state index contributed by atoms with van der Waals surface area (Å²) in [6.07, 6.45) is -3.27. The van der Waals surface area contributed by atoms with Gasteiger partial charge in [-0.1, -0.05) is 0 Å². The molecule has 2 heterocycles. The van der Waals surface area contributed by atoms with Gasteiger partial charge in [0.05, 0.1) is 6.42 Å². The highest BCUT2D eigenvalue weighted by atomic mass is 19.4. The molecule has 7 heteroatoms. The summed E-state index contributed by atoms with van der Waals surface area (Å²) in [7, 11) is 0. The molecule has 4 nitrogen and oxygen atoms in total. The van der Waals surface area contributed by atoms with Crippen molar-refractivity contribution in [2.24, 2.45) is 0 Å². The van der Waals surface area contributed by atoms with Crippen LogP contribution in [0.4, 0.5) is 13.2 Å². The fourth-order valence-electron chi connectivity index (χ4n) is 2.80. The van der Waals surface area contributed by atoms with Gasteiger partial charge < -0.3 is 19.7 Å². The zero-order chi connectivity index (χ0) is 17.1. The zero-order valence-corrected chi connectivity index (χ0v) is 13.6. The maximum atomic E-state index is 12.2. The largest absolute Gasteiger partial charge is 0.463 e. The highest BCUT2D eigenvalue weighted by molar-refractivity contribution is 5.12. The van der Waals surface area contributed by atoms with Crippen molar-refractivity contribution in [3.8, 4) is 0 Å². The molecule has 1 aromatic rings. The lowest BCUT2D eigenvalue weighted by Gasteiger charge is -2.34. The molecule has 0 spiro atoms. The minimum absolute atomic E-state index is 0.0691. The molecule has 0 aliphatic carbocycles. The number of hydrogen-bond acceptors (Lipinski definition) is 4. The van der Waals surface area contributed by atoms with Gasteiger partial charge in [-0.05, 0) is 51.9 Å². The van der Waals surface area contributed by atoms with Crippen molar-refractivity contribution in [1.82, 2.24) is 10.2 Å². The van der Waals surface area contributed by atoms with E-state index in [0.717, 1.165) is 18.6 Å². The average Bonchev–Trinajstić information content (AvgIpc) is 2.91. The number of halogens is 3. The first kappa shape index (κ1) is 18.3. The van der Waals surface area contributed by atoms with Crippen LogP contribution in [0.15, 0.2) is 16.5 Å². The lowest BCUT2D eigenvalue weighted by Crippen LogP contribution is -2.47. The molecule has 1 saturated heterocycles. The van der Waals surface area contributed by atoms with Crippen LogP contribution in [0.5, 0.6) is 0 Å². The van der Waals surface area contributed by atoms with E-state index in [1.165, 1.54) is 0 Å². The Morgan fingerprint density at radius 3 is 2.48 bits per heavy atom. The molecule has 1 unspecified atom stereocenters. The third kappa shape index (κ3) is 5.82. The van der Waals surface area contributed by atoms with Crippen molar-refractivity contribution in [2.75, 3.05) is 26.2 Å². The molecule has 0 aromatic carbocycles. The predicted octanol–water partition coefficient (Wildman–Crippen LogP) is 2.80. The van der Waals surface area contributed by atoms with E-state index in [2.05, 4.69) is 5.32 Å². The van der Waals surface area contributed by atoms with Gasteiger partial charge in [-0.2, -0.15) is 13.2 Å². The molecule has 132 valence electrons. The van der Waals surface area contributed by atoms with Gasteiger partial charge in [0.2, 0.25) is 0 Å². The van der Waals surface area contributed by atoms with E-state index in [1.54, 1.807) is 13.0 Å². The molecule has 0 radical (unpaired) electrons. The zero-order valence-electron chi connectivity index (χ0n) is 13.6. The summed E-state index contributed by atoms with van der Waals surface area (Å²) in [4.78, 5) is 1.85. The summed E-state index contributed by atoms with van der Waals surface area (Å²) < 4.78 is 42.1. The van der Waals surface area contributed by atoms with Crippen LogP contribution in [0.25, 0.3) is 0 Å². The number of hydrogen-bond donors (Lipinski definition) is 2. The van der Waals surface area contributed by atoms with Crippen molar-refractivity contribution in [3.63, 3.8) is 0 Å². The van der Waals surface area contributed by atoms with E-state index in [9.17, 15) is 18.3 Å². The number of aryl methyl sites for hydroxylation is 1. The number of rotatable bonds is 6. The van der Waals surface area contributed by atoms with E-state index >= 15 is 0 Å². The summed E-state index contributed by atoms with van der Waals surface area (Å²) in [6, 6.07) is 3.78.